The van der Waals surface area contributed by atoms with Crippen LogP contribution in [0.1, 0.15) is 16.7 Å². The molecule has 0 unspecified atom stereocenters. The van der Waals surface area contributed by atoms with Crippen molar-refractivity contribution in [2.24, 2.45) is 5.10 Å². The Balaban J connectivity index is 1.56. The normalized spacial score (nSPS) is 11.9. The maximum atomic E-state index is 14.0. The molecule has 0 amide bonds. The molecule has 0 aliphatic heterocycles. The van der Waals surface area contributed by atoms with E-state index in [2.05, 4.69) is 5.10 Å². The Bertz CT molecular complexity index is 1380. The second-order valence-electron chi connectivity index (χ2n) is 7.34. The molecule has 0 saturated heterocycles. The van der Waals surface area contributed by atoms with E-state index in [0.29, 0.717) is 11.3 Å². The number of nitrogens with one attached hydrogen (secondary N) is 1. The van der Waals surface area contributed by atoms with Gasteiger partial charge in [0.25, 0.3) is 0 Å². The number of hydrazone groups is 1. The number of hydrogen-bond donors (Lipinski definition) is 1. The van der Waals surface area contributed by atoms with Gasteiger partial charge in [0.2, 0.25) is 0 Å². The van der Waals surface area contributed by atoms with Crippen LogP contribution in [0.4, 0.5) is 36.4 Å². The lowest BCUT2D eigenvalue weighted by Gasteiger charge is -2.13. The number of rotatable bonds is 6. The van der Waals surface area contributed by atoms with E-state index in [4.69, 9.17) is 4.74 Å². The molecule has 0 atom stereocenters. The fourth-order valence-electron chi connectivity index (χ4n) is 3.44. The second kappa shape index (κ2) is 9.65. The van der Waals surface area contributed by atoms with E-state index in [1.807, 2.05) is 42.5 Å². The highest BCUT2D eigenvalue weighted by molar-refractivity contribution is 5.86. The van der Waals surface area contributed by atoms with Gasteiger partial charge in [-0.25, -0.2) is 17.6 Å². The van der Waals surface area contributed by atoms with Crippen molar-refractivity contribution < 1.29 is 35.5 Å². The number of ether oxygens (including phenoxy) is 1. The van der Waals surface area contributed by atoms with E-state index in [1.165, 1.54) is 0 Å². The summed E-state index contributed by atoms with van der Waals surface area (Å²) >= 11 is 0. The van der Waals surface area contributed by atoms with Gasteiger partial charge in [0, 0.05) is 5.56 Å². The highest BCUT2D eigenvalue weighted by Crippen LogP contribution is 2.38. The molecule has 4 rings (SSSR count). The van der Waals surface area contributed by atoms with Gasteiger partial charge in [-0.15, -0.1) is 0 Å². The fourth-order valence-corrected chi connectivity index (χ4v) is 3.44. The SMILES string of the molecule is Fc1c(F)c(C(F)(F)F)c(F)c(F)c1N/N=C/c1ccccc1OCc1cccc2ccccc12. The summed E-state index contributed by atoms with van der Waals surface area (Å²) in [6.45, 7) is 0.179. The topological polar surface area (TPSA) is 33.6 Å². The number of fused-ring (bicyclic) bond motifs is 1. The highest BCUT2D eigenvalue weighted by atomic mass is 19.4. The minimum atomic E-state index is -5.63. The number of nitrogens with zero attached hydrogens (tertiary/aromatic N) is 1. The number of benzene rings is 4. The Morgan fingerprint density at radius 2 is 1.40 bits per heavy atom. The van der Waals surface area contributed by atoms with Crippen molar-refractivity contribution in [2.45, 2.75) is 12.8 Å². The van der Waals surface area contributed by atoms with E-state index in [-0.39, 0.29) is 6.61 Å². The molecular formula is C25H15F7N2O. The summed E-state index contributed by atoms with van der Waals surface area (Å²) in [7, 11) is 0. The third-order valence-electron chi connectivity index (χ3n) is 5.11. The third kappa shape index (κ3) is 4.91. The number of hydrogen-bond acceptors (Lipinski definition) is 3. The number of para-hydroxylation sites is 1. The van der Waals surface area contributed by atoms with Crippen LogP contribution >= 0.6 is 0 Å². The van der Waals surface area contributed by atoms with E-state index in [1.54, 1.807) is 29.7 Å². The second-order valence-corrected chi connectivity index (χ2v) is 7.34. The summed E-state index contributed by atoms with van der Waals surface area (Å²) in [5, 5.41) is 5.53. The van der Waals surface area contributed by atoms with Crippen LogP contribution in [0.5, 0.6) is 5.75 Å². The van der Waals surface area contributed by atoms with E-state index >= 15 is 0 Å². The predicted octanol–water partition coefficient (Wildman–Crippen LogP) is 7.44. The average molecular weight is 492 g/mol. The minimum Gasteiger partial charge on any atom is -0.488 e. The molecule has 3 nitrogen and oxygen atoms in total. The predicted molar refractivity (Wildman–Crippen MR) is 117 cm³/mol. The molecule has 0 aromatic heterocycles. The molecule has 0 aliphatic rings. The van der Waals surface area contributed by atoms with Crippen molar-refractivity contribution in [1.29, 1.82) is 0 Å². The van der Waals surface area contributed by atoms with E-state index in [0.717, 1.165) is 22.6 Å². The van der Waals surface area contributed by atoms with Gasteiger partial charge in [0.1, 0.15) is 23.6 Å². The summed E-state index contributed by atoms with van der Waals surface area (Å²) in [6, 6.07) is 19.9. The van der Waals surface area contributed by atoms with Gasteiger partial charge < -0.3 is 4.74 Å². The van der Waals surface area contributed by atoms with Crippen LogP contribution in [0.25, 0.3) is 10.8 Å². The Morgan fingerprint density at radius 1 is 0.771 bits per heavy atom. The summed E-state index contributed by atoms with van der Waals surface area (Å²) in [6.07, 6.45) is -4.58. The van der Waals surface area contributed by atoms with Crippen molar-refractivity contribution >= 4 is 22.7 Å². The van der Waals surface area contributed by atoms with Crippen molar-refractivity contribution in [3.63, 3.8) is 0 Å². The molecule has 0 aliphatic carbocycles. The quantitative estimate of drug-likeness (QED) is 0.131. The van der Waals surface area contributed by atoms with E-state index < -0.39 is 40.7 Å². The number of halogens is 7. The van der Waals surface area contributed by atoms with Gasteiger partial charge in [-0.2, -0.15) is 18.3 Å². The standard InChI is InChI=1S/C25H15F7N2O/c26-20-19(25(30,31)32)21(27)23(29)24(22(20)28)34-33-12-15-7-2-4-11-18(15)35-13-16-9-5-8-14-6-1-3-10-17(14)16/h1-12,34H,13H2/b33-12+. The highest BCUT2D eigenvalue weighted by Gasteiger charge is 2.42. The molecule has 4 aromatic rings. The zero-order chi connectivity index (χ0) is 25.2. The Labute approximate surface area is 194 Å². The molecule has 35 heavy (non-hydrogen) atoms. The monoisotopic (exact) mass is 492 g/mol. The first kappa shape index (κ1) is 24.1. The van der Waals surface area contributed by atoms with Gasteiger partial charge in [-0.1, -0.05) is 54.6 Å². The first-order valence-corrected chi connectivity index (χ1v) is 10.1. The lowest BCUT2D eigenvalue weighted by molar-refractivity contribution is -0.143. The van der Waals surface area contributed by atoms with Crippen molar-refractivity contribution in [3.05, 3.63) is 107 Å². The fraction of sp³-hybridized carbons (Fsp3) is 0.0800. The summed E-state index contributed by atoms with van der Waals surface area (Å²) < 4.78 is 99.6. The molecule has 0 spiro atoms. The lowest BCUT2D eigenvalue weighted by atomic mass is 10.1. The molecule has 0 bridgehead atoms. The molecular weight excluding hydrogens is 477 g/mol. The van der Waals surface area contributed by atoms with Crippen molar-refractivity contribution in [1.82, 2.24) is 0 Å². The van der Waals surface area contributed by atoms with Gasteiger partial charge in [-0.05, 0) is 28.5 Å². The van der Waals surface area contributed by atoms with Crippen molar-refractivity contribution in [3.8, 4) is 5.75 Å². The first-order chi connectivity index (χ1) is 16.7. The Hall–Kier alpha value is -4.08. The van der Waals surface area contributed by atoms with Crippen molar-refractivity contribution in [2.75, 3.05) is 5.43 Å². The molecule has 10 heteroatoms. The average Bonchev–Trinajstić information content (AvgIpc) is 2.83. The van der Waals surface area contributed by atoms with Crippen LogP contribution < -0.4 is 10.2 Å². The molecule has 0 saturated carbocycles. The number of anilines is 1. The van der Waals surface area contributed by atoms with Gasteiger partial charge in [0.05, 0.1) is 6.21 Å². The number of alkyl halides is 3. The minimum absolute atomic E-state index is 0.179. The van der Waals surface area contributed by atoms with Crippen LogP contribution in [0.2, 0.25) is 0 Å². The van der Waals surface area contributed by atoms with Crippen LogP contribution in [0.3, 0.4) is 0 Å². The zero-order valence-electron chi connectivity index (χ0n) is 17.6. The summed E-state index contributed by atoms with van der Waals surface area (Å²) in [5.74, 6) is -9.33. The Kier molecular flexibility index (Phi) is 6.63. The van der Waals surface area contributed by atoms with Gasteiger partial charge in [-0.3, -0.25) is 5.43 Å². The van der Waals surface area contributed by atoms with Crippen LogP contribution in [-0.2, 0) is 12.8 Å². The molecule has 180 valence electrons. The van der Waals surface area contributed by atoms with Crippen LogP contribution in [0.15, 0.2) is 71.8 Å². The largest absolute Gasteiger partial charge is 0.488 e. The molecule has 4 aromatic carbocycles. The summed E-state index contributed by atoms with van der Waals surface area (Å²) in [5.41, 5.74) is -1.20. The molecule has 1 N–H and O–H groups in total. The third-order valence-corrected chi connectivity index (χ3v) is 5.11. The lowest BCUT2D eigenvalue weighted by Crippen LogP contribution is -2.16. The van der Waals surface area contributed by atoms with Gasteiger partial charge >= 0.3 is 6.18 Å². The first-order valence-electron chi connectivity index (χ1n) is 10.1. The molecule has 0 heterocycles. The van der Waals surface area contributed by atoms with E-state index in [9.17, 15) is 30.7 Å². The van der Waals surface area contributed by atoms with Crippen LogP contribution in [-0.4, -0.2) is 6.21 Å². The smallest absolute Gasteiger partial charge is 0.422 e. The Morgan fingerprint density at radius 3 is 2.11 bits per heavy atom. The summed E-state index contributed by atoms with van der Waals surface area (Å²) in [4.78, 5) is 0. The maximum absolute atomic E-state index is 14.0. The van der Waals surface area contributed by atoms with Crippen LogP contribution in [0, 0.1) is 23.3 Å². The maximum Gasteiger partial charge on any atom is 0.422 e. The molecule has 0 fully saturated rings. The zero-order valence-corrected chi connectivity index (χ0v) is 17.6. The molecule has 0 radical (unpaired) electrons. The van der Waals surface area contributed by atoms with Gasteiger partial charge in [0.15, 0.2) is 23.3 Å².